The number of terminal acetylenes is 1. The second-order valence-electron chi connectivity index (χ2n) is 4.10. The zero-order valence-corrected chi connectivity index (χ0v) is 10.5. The molecule has 2 aromatic rings. The number of aromatic nitrogens is 1. The molecular weight excluding hydrogens is 238 g/mol. The van der Waals surface area contributed by atoms with E-state index in [2.05, 4.69) is 16.2 Å². The van der Waals surface area contributed by atoms with Gasteiger partial charge in [0, 0.05) is 23.0 Å². The van der Waals surface area contributed by atoms with Crippen LogP contribution in [0.4, 0.5) is 11.5 Å². The molecule has 3 N–H and O–H groups in total. The van der Waals surface area contributed by atoms with Crippen LogP contribution in [-0.2, 0) is 0 Å². The highest BCUT2D eigenvalue weighted by Crippen LogP contribution is 2.15. The van der Waals surface area contributed by atoms with Gasteiger partial charge in [-0.15, -0.1) is 6.42 Å². The largest absolute Gasteiger partial charge is 0.384 e. The van der Waals surface area contributed by atoms with Crippen LogP contribution in [0.15, 0.2) is 36.5 Å². The van der Waals surface area contributed by atoms with Gasteiger partial charge in [0.05, 0.1) is 0 Å². The van der Waals surface area contributed by atoms with Gasteiger partial charge in [0.2, 0.25) is 0 Å². The Morgan fingerprint density at radius 3 is 2.84 bits per heavy atom. The molecule has 0 spiro atoms. The number of pyridine rings is 1. The summed E-state index contributed by atoms with van der Waals surface area (Å²) < 4.78 is 0. The molecule has 1 aromatic heterocycles. The highest BCUT2D eigenvalue weighted by Gasteiger charge is 2.07. The molecule has 0 aliphatic carbocycles. The van der Waals surface area contributed by atoms with E-state index in [1.54, 1.807) is 18.2 Å². The quantitative estimate of drug-likeness (QED) is 0.804. The molecule has 0 fully saturated rings. The number of anilines is 2. The number of carbonyl (C=O) groups excluding carboxylic acids is 1. The molecule has 1 heterocycles. The van der Waals surface area contributed by atoms with Crippen molar-refractivity contribution in [2.75, 3.05) is 11.1 Å². The average molecular weight is 251 g/mol. The normalized spacial score (nSPS) is 9.68. The summed E-state index contributed by atoms with van der Waals surface area (Å²) in [5.74, 6) is 2.63. The Morgan fingerprint density at radius 2 is 2.16 bits per heavy atom. The summed E-state index contributed by atoms with van der Waals surface area (Å²) >= 11 is 0. The molecule has 94 valence electrons. The van der Waals surface area contributed by atoms with Gasteiger partial charge in [-0.05, 0) is 36.8 Å². The highest BCUT2D eigenvalue weighted by atomic mass is 16.1. The van der Waals surface area contributed by atoms with Crippen LogP contribution in [-0.4, -0.2) is 10.9 Å². The van der Waals surface area contributed by atoms with E-state index in [0.717, 1.165) is 11.1 Å². The monoisotopic (exact) mass is 251 g/mol. The van der Waals surface area contributed by atoms with E-state index < -0.39 is 0 Å². The second kappa shape index (κ2) is 5.23. The maximum Gasteiger partial charge on any atom is 0.255 e. The molecule has 4 nitrogen and oxygen atoms in total. The van der Waals surface area contributed by atoms with E-state index in [1.807, 2.05) is 13.0 Å². The number of nitrogen functional groups attached to an aromatic ring is 1. The van der Waals surface area contributed by atoms with E-state index in [9.17, 15) is 4.79 Å². The van der Waals surface area contributed by atoms with Crippen LogP contribution in [0.1, 0.15) is 21.5 Å². The Bertz CT molecular complexity index is 671. The van der Waals surface area contributed by atoms with Gasteiger partial charge in [-0.25, -0.2) is 4.98 Å². The Balaban J connectivity index is 2.22. The SMILES string of the molecule is C#Cc1cc(NC(=O)c2ccnc(N)c2)ccc1C. The van der Waals surface area contributed by atoms with Crippen molar-refractivity contribution in [2.45, 2.75) is 6.92 Å². The van der Waals surface area contributed by atoms with E-state index in [0.29, 0.717) is 17.1 Å². The summed E-state index contributed by atoms with van der Waals surface area (Å²) in [7, 11) is 0. The number of nitrogens with two attached hydrogens (primary N) is 1. The van der Waals surface area contributed by atoms with Crippen molar-refractivity contribution < 1.29 is 4.79 Å². The van der Waals surface area contributed by atoms with E-state index in [1.165, 1.54) is 12.3 Å². The van der Waals surface area contributed by atoms with Gasteiger partial charge in [0.15, 0.2) is 0 Å². The van der Waals surface area contributed by atoms with Crippen LogP contribution in [0.2, 0.25) is 0 Å². The maximum atomic E-state index is 12.0. The first-order valence-corrected chi connectivity index (χ1v) is 5.70. The Hall–Kier alpha value is -2.80. The summed E-state index contributed by atoms with van der Waals surface area (Å²) in [5.41, 5.74) is 8.39. The van der Waals surface area contributed by atoms with E-state index >= 15 is 0 Å². The van der Waals surface area contributed by atoms with Crippen LogP contribution in [0.3, 0.4) is 0 Å². The number of amides is 1. The average Bonchev–Trinajstić information content (AvgIpc) is 2.41. The van der Waals surface area contributed by atoms with Gasteiger partial charge in [-0.3, -0.25) is 4.79 Å². The van der Waals surface area contributed by atoms with Gasteiger partial charge in [-0.2, -0.15) is 0 Å². The van der Waals surface area contributed by atoms with Gasteiger partial charge in [0.25, 0.3) is 5.91 Å². The summed E-state index contributed by atoms with van der Waals surface area (Å²) in [6.07, 6.45) is 6.89. The third-order valence-electron chi connectivity index (χ3n) is 2.69. The predicted octanol–water partition coefficient (Wildman–Crippen LogP) is 2.21. The fourth-order valence-corrected chi connectivity index (χ4v) is 1.65. The number of rotatable bonds is 2. The number of nitrogens with zero attached hydrogens (tertiary/aromatic N) is 1. The minimum Gasteiger partial charge on any atom is -0.384 e. The lowest BCUT2D eigenvalue weighted by Gasteiger charge is -2.07. The predicted molar refractivity (Wildman–Crippen MR) is 75.7 cm³/mol. The summed E-state index contributed by atoms with van der Waals surface area (Å²) in [4.78, 5) is 15.8. The second-order valence-corrected chi connectivity index (χ2v) is 4.10. The molecular formula is C15H13N3O. The van der Waals surface area contributed by atoms with Crippen molar-refractivity contribution in [1.82, 2.24) is 4.98 Å². The molecule has 0 atom stereocenters. The molecule has 1 amide bonds. The molecule has 0 aliphatic rings. The topological polar surface area (TPSA) is 68.0 Å². The summed E-state index contributed by atoms with van der Waals surface area (Å²) in [6, 6.07) is 8.55. The lowest BCUT2D eigenvalue weighted by Crippen LogP contribution is -2.12. The molecule has 0 unspecified atom stereocenters. The molecule has 0 saturated heterocycles. The van der Waals surface area contributed by atoms with Crippen LogP contribution < -0.4 is 11.1 Å². The molecule has 0 radical (unpaired) electrons. The Kier molecular flexibility index (Phi) is 3.48. The smallest absolute Gasteiger partial charge is 0.255 e. The lowest BCUT2D eigenvalue weighted by atomic mass is 10.1. The van der Waals surface area contributed by atoms with Gasteiger partial charge >= 0.3 is 0 Å². The van der Waals surface area contributed by atoms with Crippen molar-refractivity contribution >= 4 is 17.4 Å². The molecule has 0 bridgehead atoms. The van der Waals surface area contributed by atoms with Crippen molar-refractivity contribution in [3.05, 3.63) is 53.2 Å². The molecule has 0 aliphatic heterocycles. The first-order chi connectivity index (χ1) is 9.10. The molecule has 1 aromatic carbocycles. The number of carbonyl (C=O) groups is 1. The lowest BCUT2D eigenvalue weighted by molar-refractivity contribution is 0.102. The van der Waals surface area contributed by atoms with Crippen LogP contribution in [0.5, 0.6) is 0 Å². The minimum atomic E-state index is -0.249. The standard InChI is InChI=1S/C15H13N3O/c1-3-11-8-13(5-4-10(11)2)18-15(19)12-6-7-17-14(16)9-12/h1,4-9H,2H3,(H2,16,17)(H,18,19). The zero-order valence-electron chi connectivity index (χ0n) is 10.5. The number of hydrogen-bond acceptors (Lipinski definition) is 3. The van der Waals surface area contributed by atoms with E-state index in [-0.39, 0.29) is 5.91 Å². The number of aryl methyl sites for hydroxylation is 1. The highest BCUT2D eigenvalue weighted by molar-refractivity contribution is 6.04. The van der Waals surface area contributed by atoms with Crippen LogP contribution >= 0.6 is 0 Å². The van der Waals surface area contributed by atoms with Gasteiger partial charge in [0.1, 0.15) is 5.82 Å². The van der Waals surface area contributed by atoms with Gasteiger partial charge < -0.3 is 11.1 Å². The fourth-order valence-electron chi connectivity index (χ4n) is 1.65. The summed E-state index contributed by atoms with van der Waals surface area (Å²) in [6.45, 7) is 1.92. The Labute approximate surface area is 111 Å². The van der Waals surface area contributed by atoms with Crippen LogP contribution in [0, 0.1) is 19.3 Å². The molecule has 2 rings (SSSR count). The first-order valence-electron chi connectivity index (χ1n) is 5.70. The third kappa shape index (κ3) is 2.90. The zero-order chi connectivity index (χ0) is 13.8. The van der Waals surface area contributed by atoms with Crippen molar-refractivity contribution in [2.24, 2.45) is 0 Å². The number of benzene rings is 1. The van der Waals surface area contributed by atoms with Crippen molar-refractivity contribution in [1.29, 1.82) is 0 Å². The minimum absolute atomic E-state index is 0.249. The molecule has 0 saturated carbocycles. The summed E-state index contributed by atoms with van der Waals surface area (Å²) in [5, 5.41) is 2.77. The van der Waals surface area contributed by atoms with Crippen LogP contribution in [0.25, 0.3) is 0 Å². The van der Waals surface area contributed by atoms with Gasteiger partial charge in [-0.1, -0.05) is 12.0 Å². The molecule has 19 heavy (non-hydrogen) atoms. The van der Waals surface area contributed by atoms with Crippen molar-refractivity contribution in [3.63, 3.8) is 0 Å². The number of hydrogen-bond donors (Lipinski definition) is 2. The third-order valence-corrected chi connectivity index (χ3v) is 2.69. The Morgan fingerprint density at radius 1 is 1.37 bits per heavy atom. The molecule has 4 heteroatoms. The fraction of sp³-hybridized carbons (Fsp3) is 0.0667. The maximum absolute atomic E-state index is 12.0. The first kappa shape index (κ1) is 12.7. The van der Waals surface area contributed by atoms with Crippen molar-refractivity contribution in [3.8, 4) is 12.3 Å². The van der Waals surface area contributed by atoms with E-state index in [4.69, 9.17) is 12.2 Å². The number of nitrogens with one attached hydrogen (secondary N) is 1.